The first kappa shape index (κ1) is 14.7. The summed E-state index contributed by atoms with van der Waals surface area (Å²) in [5, 5.41) is 10.9. The van der Waals surface area contributed by atoms with Crippen LogP contribution in [0.2, 0.25) is 0 Å². The Bertz CT molecular complexity index is 622. The zero-order valence-electron chi connectivity index (χ0n) is 13.0. The number of amides is 1. The Balaban J connectivity index is 1.78. The third-order valence-electron chi connectivity index (χ3n) is 4.23. The minimum Gasteiger partial charge on any atom is -0.464 e. The van der Waals surface area contributed by atoms with Crippen molar-refractivity contribution in [3.8, 4) is 0 Å². The minimum absolute atomic E-state index is 0.00744. The van der Waals surface area contributed by atoms with E-state index in [1.165, 1.54) is 11.0 Å². The summed E-state index contributed by atoms with van der Waals surface area (Å²) in [5.74, 6) is 2.45. The topological polar surface area (TPSA) is 77.1 Å². The lowest BCUT2D eigenvalue weighted by Gasteiger charge is -2.37. The van der Waals surface area contributed by atoms with Gasteiger partial charge in [0.25, 0.3) is 0 Å². The SMILES string of the molecule is CCc1ccc([C@@H]2C[C@H](C)CCN2C(=O)Cn2cnnn2)o1. The van der Waals surface area contributed by atoms with Crippen molar-refractivity contribution in [3.05, 3.63) is 30.0 Å². The molecule has 1 aliphatic rings. The fourth-order valence-electron chi connectivity index (χ4n) is 2.96. The van der Waals surface area contributed by atoms with E-state index in [0.717, 1.165) is 37.3 Å². The Morgan fingerprint density at radius 1 is 1.45 bits per heavy atom. The molecule has 0 saturated carbocycles. The van der Waals surface area contributed by atoms with Gasteiger partial charge in [-0.15, -0.1) is 5.10 Å². The average Bonchev–Trinajstić information content (AvgIpc) is 3.18. The van der Waals surface area contributed by atoms with Gasteiger partial charge in [-0.1, -0.05) is 13.8 Å². The van der Waals surface area contributed by atoms with Crippen molar-refractivity contribution in [2.75, 3.05) is 6.54 Å². The largest absolute Gasteiger partial charge is 0.464 e. The number of hydrogen-bond donors (Lipinski definition) is 0. The van der Waals surface area contributed by atoms with E-state index in [1.54, 1.807) is 0 Å². The van der Waals surface area contributed by atoms with Crippen LogP contribution >= 0.6 is 0 Å². The van der Waals surface area contributed by atoms with Crippen molar-refractivity contribution in [1.82, 2.24) is 25.1 Å². The van der Waals surface area contributed by atoms with E-state index in [4.69, 9.17) is 4.42 Å². The number of furan rings is 1. The summed E-state index contributed by atoms with van der Waals surface area (Å²) in [4.78, 5) is 14.5. The maximum atomic E-state index is 12.6. The standard InChI is InChI=1S/C15H21N5O2/c1-3-12-4-5-14(22-12)13-8-11(2)6-7-20(13)15(21)9-19-10-16-17-18-19/h4-5,10-11,13H,3,6-9H2,1-2H3/t11-,13+/m1/s1. The Morgan fingerprint density at radius 3 is 3.00 bits per heavy atom. The predicted molar refractivity (Wildman–Crippen MR) is 78.8 cm³/mol. The summed E-state index contributed by atoms with van der Waals surface area (Å²) in [6.07, 6.45) is 4.26. The molecule has 0 spiro atoms. The molecule has 0 unspecified atom stereocenters. The molecule has 2 aromatic rings. The fraction of sp³-hybridized carbons (Fsp3) is 0.600. The predicted octanol–water partition coefficient (Wildman–Crippen LogP) is 1.83. The monoisotopic (exact) mass is 303 g/mol. The minimum atomic E-state index is 0.00744. The number of aryl methyl sites for hydroxylation is 1. The molecule has 0 bridgehead atoms. The van der Waals surface area contributed by atoms with E-state index in [-0.39, 0.29) is 18.5 Å². The van der Waals surface area contributed by atoms with E-state index in [1.807, 2.05) is 17.0 Å². The van der Waals surface area contributed by atoms with Crippen LogP contribution in [0.15, 0.2) is 22.9 Å². The highest BCUT2D eigenvalue weighted by atomic mass is 16.3. The van der Waals surface area contributed by atoms with Crippen molar-refractivity contribution in [2.24, 2.45) is 5.92 Å². The van der Waals surface area contributed by atoms with Crippen LogP contribution in [0, 0.1) is 5.92 Å². The van der Waals surface area contributed by atoms with Gasteiger partial charge < -0.3 is 9.32 Å². The molecule has 3 heterocycles. The van der Waals surface area contributed by atoms with E-state index in [0.29, 0.717) is 5.92 Å². The molecular weight excluding hydrogens is 282 g/mol. The normalized spacial score (nSPS) is 22.0. The summed E-state index contributed by atoms with van der Waals surface area (Å²) < 4.78 is 7.35. The summed E-state index contributed by atoms with van der Waals surface area (Å²) in [5.41, 5.74) is 0. The number of carbonyl (C=O) groups is 1. The Morgan fingerprint density at radius 2 is 2.32 bits per heavy atom. The van der Waals surface area contributed by atoms with Gasteiger partial charge in [0.15, 0.2) is 0 Å². The summed E-state index contributed by atoms with van der Waals surface area (Å²) in [6, 6.07) is 4.00. The highest BCUT2D eigenvalue weighted by Gasteiger charge is 2.33. The third kappa shape index (κ3) is 3.03. The molecule has 0 aromatic carbocycles. The smallest absolute Gasteiger partial charge is 0.245 e. The number of tetrazole rings is 1. The van der Waals surface area contributed by atoms with Gasteiger partial charge in [-0.25, -0.2) is 4.68 Å². The second-order valence-corrected chi connectivity index (χ2v) is 5.90. The molecule has 118 valence electrons. The fourth-order valence-corrected chi connectivity index (χ4v) is 2.96. The van der Waals surface area contributed by atoms with Gasteiger partial charge in [0, 0.05) is 13.0 Å². The number of nitrogens with zero attached hydrogens (tertiary/aromatic N) is 5. The molecule has 1 fully saturated rings. The Kier molecular flexibility index (Phi) is 4.22. The molecule has 22 heavy (non-hydrogen) atoms. The number of rotatable bonds is 4. The van der Waals surface area contributed by atoms with Crippen molar-refractivity contribution >= 4 is 5.91 Å². The van der Waals surface area contributed by atoms with Gasteiger partial charge in [0.2, 0.25) is 5.91 Å². The molecule has 7 heteroatoms. The molecule has 2 aromatic heterocycles. The first-order valence-electron chi connectivity index (χ1n) is 7.76. The molecule has 1 aliphatic heterocycles. The van der Waals surface area contributed by atoms with Gasteiger partial charge in [0.05, 0.1) is 6.04 Å². The van der Waals surface area contributed by atoms with Crippen LogP contribution in [0.4, 0.5) is 0 Å². The first-order valence-corrected chi connectivity index (χ1v) is 7.76. The Labute approximate surface area is 129 Å². The van der Waals surface area contributed by atoms with Crippen LogP contribution in [0.25, 0.3) is 0 Å². The zero-order valence-corrected chi connectivity index (χ0v) is 13.0. The third-order valence-corrected chi connectivity index (χ3v) is 4.23. The lowest BCUT2D eigenvalue weighted by Crippen LogP contribution is -2.42. The van der Waals surface area contributed by atoms with Gasteiger partial charge >= 0.3 is 0 Å². The van der Waals surface area contributed by atoms with Crippen LogP contribution in [0.5, 0.6) is 0 Å². The van der Waals surface area contributed by atoms with Crippen LogP contribution in [0.1, 0.15) is 44.3 Å². The number of aromatic nitrogens is 4. The molecule has 1 saturated heterocycles. The summed E-state index contributed by atoms with van der Waals surface area (Å²) in [6.45, 7) is 5.20. The maximum Gasteiger partial charge on any atom is 0.245 e. The number of piperidine rings is 1. The highest BCUT2D eigenvalue weighted by molar-refractivity contribution is 5.76. The number of likely N-dealkylation sites (tertiary alicyclic amines) is 1. The molecule has 7 nitrogen and oxygen atoms in total. The van der Waals surface area contributed by atoms with E-state index in [2.05, 4.69) is 29.4 Å². The molecular formula is C15H21N5O2. The van der Waals surface area contributed by atoms with Crippen LogP contribution < -0.4 is 0 Å². The van der Waals surface area contributed by atoms with Crippen molar-refractivity contribution in [2.45, 2.75) is 45.7 Å². The second-order valence-electron chi connectivity index (χ2n) is 5.90. The van der Waals surface area contributed by atoms with Gasteiger partial charge in [-0.3, -0.25) is 4.79 Å². The second kappa shape index (κ2) is 6.29. The molecule has 0 radical (unpaired) electrons. The van der Waals surface area contributed by atoms with Crippen LogP contribution in [-0.4, -0.2) is 37.6 Å². The lowest BCUT2D eigenvalue weighted by molar-refractivity contribution is -0.137. The van der Waals surface area contributed by atoms with Gasteiger partial charge in [-0.2, -0.15) is 0 Å². The number of hydrogen-bond acceptors (Lipinski definition) is 5. The lowest BCUT2D eigenvalue weighted by atomic mass is 9.91. The van der Waals surface area contributed by atoms with Gasteiger partial charge in [-0.05, 0) is 41.3 Å². The van der Waals surface area contributed by atoms with Gasteiger partial charge in [0.1, 0.15) is 24.4 Å². The van der Waals surface area contributed by atoms with Crippen molar-refractivity contribution in [1.29, 1.82) is 0 Å². The van der Waals surface area contributed by atoms with Crippen LogP contribution in [-0.2, 0) is 17.8 Å². The van der Waals surface area contributed by atoms with E-state index in [9.17, 15) is 4.79 Å². The highest BCUT2D eigenvalue weighted by Crippen LogP contribution is 2.35. The van der Waals surface area contributed by atoms with E-state index < -0.39 is 0 Å². The van der Waals surface area contributed by atoms with Crippen LogP contribution in [0.3, 0.4) is 0 Å². The van der Waals surface area contributed by atoms with Crippen molar-refractivity contribution in [3.63, 3.8) is 0 Å². The molecule has 0 aliphatic carbocycles. The Hall–Kier alpha value is -2.18. The molecule has 1 amide bonds. The van der Waals surface area contributed by atoms with Crippen molar-refractivity contribution < 1.29 is 9.21 Å². The summed E-state index contributed by atoms with van der Waals surface area (Å²) in [7, 11) is 0. The zero-order chi connectivity index (χ0) is 15.5. The molecule has 2 atom stereocenters. The summed E-state index contributed by atoms with van der Waals surface area (Å²) >= 11 is 0. The molecule has 3 rings (SSSR count). The average molecular weight is 303 g/mol. The number of carbonyl (C=O) groups excluding carboxylic acids is 1. The quantitative estimate of drug-likeness (QED) is 0.861. The van der Waals surface area contributed by atoms with E-state index >= 15 is 0 Å². The molecule has 0 N–H and O–H groups in total. The first-order chi connectivity index (χ1) is 10.7. The maximum absolute atomic E-state index is 12.6.